The summed E-state index contributed by atoms with van der Waals surface area (Å²) in [4.78, 5) is 27.6. The maximum Gasteiger partial charge on any atom is 0.321 e. The van der Waals surface area contributed by atoms with Crippen molar-refractivity contribution in [2.24, 2.45) is 0 Å². The number of carbonyl (C=O) groups excluding carboxylic acids is 2. The monoisotopic (exact) mass is 349 g/mol. The lowest BCUT2D eigenvalue weighted by atomic mass is 10.1. The summed E-state index contributed by atoms with van der Waals surface area (Å²) in [6, 6.07) is 6.76. The van der Waals surface area contributed by atoms with E-state index in [1.165, 1.54) is 6.92 Å². The molecule has 7 heteroatoms. The summed E-state index contributed by atoms with van der Waals surface area (Å²) in [5.41, 5.74) is 1.19. The summed E-state index contributed by atoms with van der Waals surface area (Å²) >= 11 is 0. The van der Waals surface area contributed by atoms with Crippen LogP contribution in [0.5, 0.6) is 0 Å². The summed E-state index contributed by atoms with van der Waals surface area (Å²) in [5.74, 6) is -0.0321. The lowest BCUT2D eigenvalue weighted by Gasteiger charge is -2.35. The number of carbonyl (C=O) groups is 2. The molecule has 1 saturated heterocycles. The number of nitrogens with one attached hydrogen (secondary N) is 1. The molecule has 0 aliphatic carbocycles. The van der Waals surface area contributed by atoms with Crippen LogP contribution in [0.3, 0.4) is 0 Å². The topological polar surface area (TPSA) is 82.1 Å². The van der Waals surface area contributed by atoms with Crippen LogP contribution < -0.4 is 5.32 Å². The highest BCUT2D eigenvalue weighted by atomic mass is 16.5. The maximum atomic E-state index is 12.4. The quantitative estimate of drug-likeness (QED) is 0.728. The van der Waals surface area contributed by atoms with E-state index in [0.717, 1.165) is 0 Å². The molecule has 1 heterocycles. The van der Waals surface area contributed by atoms with E-state index in [2.05, 4.69) is 10.2 Å². The standard InChI is InChI=1S/C18H27N3O4/c1-3-25-13-17(23)12-20-7-9-21(10-8-20)18(24)19-16-6-4-5-15(11-16)14(2)22/h4-6,11,17,23H,3,7-10,12-13H2,1-2H3,(H,19,24)/t17-/m0/s1. The van der Waals surface area contributed by atoms with Crippen LogP contribution >= 0.6 is 0 Å². The van der Waals surface area contributed by atoms with Gasteiger partial charge in [0.2, 0.25) is 0 Å². The van der Waals surface area contributed by atoms with E-state index in [0.29, 0.717) is 57.2 Å². The second-order valence-corrected chi connectivity index (χ2v) is 6.17. The number of ether oxygens (including phenoxy) is 1. The van der Waals surface area contributed by atoms with E-state index in [-0.39, 0.29) is 11.8 Å². The van der Waals surface area contributed by atoms with Gasteiger partial charge >= 0.3 is 6.03 Å². The van der Waals surface area contributed by atoms with Crippen molar-refractivity contribution in [3.8, 4) is 0 Å². The Morgan fingerprint density at radius 3 is 2.64 bits per heavy atom. The Morgan fingerprint density at radius 2 is 2.00 bits per heavy atom. The number of urea groups is 1. The number of aliphatic hydroxyl groups is 1. The van der Waals surface area contributed by atoms with Gasteiger partial charge in [0.05, 0.1) is 12.7 Å². The number of hydrogen-bond acceptors (Lipinski definition) is 5. The predicted molar refractivity (Wildman–Crippen MR) is 96.0 cm³/mol. The summed E-state index contributed by atoms with van der Waals surface area (Å²) in [5, 5.41) is 12.7. The van der Waals surface area contributed by atoms with E-state index in [1.54, 1.807) is 29.2 Å². The van der Waals surface area contributed by atoms with Gasteiger partial charge in [-0.3, -0.25) is 9.69 Å². The Balaban J connectivity index is 1.79. The molecule has 0 saturated carbocycles. The smallest absolute Gasteiger partial charge is 0.321 e. The fourth-order valence-electron chi connectivity index (χ4n) is 2.76. The highest BCUT2D eigenvalue weighted by molar-refractivity contribution is 5.96. The summed E-state index contributed by atoms with van der Waals surface area (Å²) in [6.07, 6.45) is -0.505. The molecule has 7 nitrogen and oxygen atoms in total. The average Bonchev–Trinajstić information content (AvgIpc) is 2.60. The number of Topliss-reactive ketones (excluding diaryl/α,β-unsaturated/α-hetero) is 1. The van der Waals surface area contributed by atoms with Gasteiger partial charge in [-0.25, -0.2) is 4.79 Å². The Kier molecular flexibility index (Phi) is 7.36. The van der Waals surface area contributed by atoms with Crippen molar-refractivity contribution >= 4 is 17.5 Å². The Bertz CT molecular complexity index is 585. The molecule has 2 N–H and O–H groups in total. The van der Waals surface area contributed by atoms with Gasteiger partial charge in [0.25, 0.3) is 0 Å². The summed E-state index contributed by atoms with van der Waals surface area (Å²) in [7, 11) is 0. The molecule has 1 aliphatic heterocycles. The first-order chi connectivity index (χ1) is 12.0. The lowest BCUT2D eigenvalue weighted by Crippen LogP contribution is -2.51. The number of hydrogen-bond donors (Lipinski definition) is 2. The second kappa shape index (κ2) is 9.50. The normalized spacial score (nSPS) is 16.5. The molecule has 0 aromatic heterocycles. The average molecular weight is 349 g/mol. The number of benzene rings is 1. The molecular formula is C18H27N3O4. The molecular weight excluding hydrogens is 322 g/mol. The van der Waals surface area contributed by atoms with Crippen molar-refractivity contribution in [2.75, 3.05) is 51.3 Å². The highest BCUT2D eigenvalue weighted by Gasteiger charge is 2.22. The molecule has 25 heavy (non-hydrogen) atoms. The van der Waals surface area contributed by atoms with Crippen molar-refractivity contribution < 1.29 is 19.4 Å². The van der Waals surface area contributed by atoms with Crippen LogP contribution in [-0.2, 0) is 4.74 Å². The molecule has 0 radical (unpaired) electrons. The third kappa shape index (κ3) is 6.12. The number of ketones is 1. The largest absolute Gasteiger partial charge is 0.389 e. The van der Waals surface area contributed by atoms with Crippen LogP contribution in [0.2, 0.25) is 0 Å². The molecule has 1 aliphatic rings. The van der Waals surface area contributed by atoms with E-state index < -0.39 is 6.10 Å². The second-order valence-electron chi connectivity index (χ2n) is 6.17. The lowest BCUT2D eigenvalue weighted by molar-refractivity contribution is 0.0139. The number of piperazine rings is 1. The molecule has 1 aromatic rings. The number of anilines is 1. The molecule has 1 fully saturated rings. The number of aliphatic hydroxyl groups excluding tert-OH is 1. The number of rotatable bonds is 7. The van der Waals surface area contributed by atoms with Gasteiger partial charge in [-0.2, -0.15) is 0 Å². The Morgan fingerprint density at radius 1 is 1.28 bits per heavy atom. The Labute approximate surface area is 148 Å². The van der Waals surface area contributed by atoms with E-state index in [4.69, 9.17) is 4.74 Å². The van der Waals surface area contributed by atoms with Crippen molar-refractivity contribution in [3.63, 3.8) is 0 Å². The van der Waals surface area contributed by atoms with Crippen LogP contribution in [0.1, 0.15) is 24.2 Å². The van der Waals surface area contributed by atoms with Crippen LogP contribution in [-0.4, -0.2) is 78.8 Å². The van der Waals surface area contributed by atoms with Crippen LogP contribution in [0.15, 0.2) is 24.3 Å². The fourth-order valence-corrected chi connectivity index (χ4v) is 2.76. The molecule has 0 bridgehead atoms. The minimum absolute atomic E-state index is 0.0321. The van der Waals surface area contributed by atoms with E-state index in [9.17, 15) is 14.7 Å². The first-order valence-electron chi connectivity index (χ1n) is 8.64. The van der Waals surface area contributed by atoms with Crippen molar-refractivity contribution in [2.45, 2.75) is 20.0 Å². The number of β-amino-alcohol motifs (C(OH)–C–C–N with tert-alkyl or cyclic N) is 1. The minimum atomic E-state index is -0.505. The van der Waals surface area contributed by atoms with Crippen molar-refractivity contribution in [3.05, 3.63) is 29.8 Å². The molecule has 1 atom stereocenters. The third-order valence-electron chi connectivity index (χ3n) is 4.16. The van der Waals surface area contributed by atoms with Gasteiger partial charge in [0, 0.05) is 50.6 Å². The van der Waals surface area contributed by atoms with Gasteiger partial charge in [0.15, 0.2) is 5.78 Å². The molecule has 0 unspecified atom stereocenters. The first kappa shape index (κ1) is 19.4. The molecule has 1 aromatic carbocycles. The summed E-state index contributed by atoms with van der Waals surface area (Å²) < 4.78 is 5.21. The van der Waals surface area contributed by atoms with Gasteiger partial charge in [-0.05, 0) is 26.0 Å². The van der Waals surface area contributed by atoms with E-state index >= 15 is 0 Å². The van der Waals surface area contributed by atoms with Crippen LogP contribution in [0.25, 0.3) is 0 Å². The molecule has 138 valence electrons. The van der Waals surface area contributed by atoms with Crippen molar-refractivity contribution in [1.82, 2.24) is 9.80 Å². The van der Waals surface area contributed by atoms with Crippen LogP contribution in [0.4, 0.5) is 10.5 Å². The zero-order chi connectivity index (χ0) is 18.2. The zero-order valence-electron chi connectivity index (χ0n) is 14.9. The van der Waals surface area contributed by atoms with E-state index in [1.807, 2.05) is 6.92 Å². The first-order valence-corrected chi connectivity index (χ1v) is 8.64. The maximum absolute atomic E-state index is 12.4. The predicted octanol–water partition coefficient (Wildman–Crippen LogP) is 1.44. The zero-order valence-corrected chi connectivity index (χ0v) is 14.9. The van der Waals surface area contributed by atoms with Gasteiger partial charge in [-0.1, -0.05) is 12.1 Å². The van der Waals surface area contributed by atoms with Crippen LogP contribution in [0, 0.1) is 0 Å². The molecule has 2 rings (SSSR count). The van der Waals surface area contributed by atoms with Gasteiger partial charge in [-0.15, -0.1) is 0 Å². The minimum Gasteiger partial charge on any atom is -0.389 e. The van der Waals surface area contributed by atoms with Crippen molar-refractivity contribution in [1.29, 1.82) is 0 Å². The van der Waals surface area contributed by atoms with Gasteiger partial charge in [0.1, 0.15) is 0 Å². The fraction of sp³-hybridized carbons (Fsp3) is 0.556. The summed E-state index contributed by atoms with van der Waals surface area (Å²) in [6.45, 7) is 7.50. The van der Waals surface area contributed by atoms with Gasteiger partial charge < -0.3 is 20.1 Å². The third-order valence-corrected chi connectivity index (χ3v) is 4.16. The Hall–Kier alpha value is -1.96. The molecule has 0 spiro atoms. The number of nitrogens with zero attached hydrogens (tertiary/aromatic N) is 2. The highest BCUT2D eigenvalue weighted by Crippen LogP contribution is 2.13. The SMILES string of the molecule is CCOC[C@@H](O)CN1CCN(C(=O)Nc2cccc(C(C)=O)c2)CC1. The number of amides is 2. The molecule has 2 amide bonds.